The molecule has 0 saturated heterocycles. The molecule has 1 atom stereocenters. The van der Waals surface area contributed by atoms with Crippen LogP contribution in [0.2, 0.25) is 0 Å². The lowest BCUT2D eigenvalue weighted by Gasteiger charge is -2.12. The highest BCUT2D eigenvalue weighted by Gasteiger charge is 2.20. The molecule has 2 aromatic heterocycles. The normalized spacial score (nSPS) is 12.5. The van der Waals surface area contributed by atoms with E-state index in [1.807, 2.05) is 48.1 Å². The quantitative estimate of drug-likeness (QED) is 0.533. The standard InChI is InChI=1S/C13H15N7/c1-19-8-7-15-13(19)12(17-14)11-9-16-20(18-11)10-5-3-2-4-6-10/h2-9,12,17H,14H2,1H3. The second-order valence-corrected chi connectivity index (χ2v) is 4.39. The summed E-state index contributed by atoms with van der Waals surface area (Å²) in [7, 11) is 1.91. The Labute approximate surface area is 116 Å². The van der Waals surface area contributed by atoms with Crippen LogP contribution in [0.15, 0.2) is 48.9 Å². The maximum absolute atomic E-state index is 5.63. The zero-order valence-electron chi connectivity index (χ0n) is 11.0. The number of nitrogens with one attached hydrogen (secondary N) is 1. The summed E-state index contributed by atoms with van der Waals surface area (Å²) < 4.78 is 1.89. The number of hydrazine groups is 1. The largest absolute Gasteiger partial charge is 0.336 e. The van der Waals surface area contributed by atoms with Crippen molar-refractivity contribution in [3.63, 3.8) is 0 Å². The molecule has 2 heterocycles. The Kier molecular flexibility index (Phi) is 3.28. The zero-order valence-corrected chi connectivity index (χ0v) is 11.0. The van der Waals surface area contributed by atoms with E-state index >= 15 is 0 Å². The molecule has 3 rings (SSSR count). The number of imidazole rings is 1. The molecule has 3 N–H and O–H groups in total. The summed E-state index contributed by atoms with van der Waals surface area (Å²) in [6, 6.07) is 9.41. The first-order chi connectivity index (χ1) is 9.79. The summed E-state index contributed by atoms with van der Waals surface area (Å²) in [6.07, 6.45) is 5.27. The van der Waals surface area contributed by atoms with Gasteiger partial charge in [-0.2, -0.15) is 15.0 Å². The summed E-state index contributed by atoms with van der Waals surface area (Å²) >= 11 is 0. The van der Waals surface area contributed by atoms with Crippen LogP contribution in [0, 0.1) is 0 Å². The first kappa shape index (κ1) is 12.5. The fraction of sp³-hybridized carbons (Fsp3) is 0.154. The maximum Gasteiger partial charge on any atom is 0.133 e. The van der Waals surface area contributed by atoms with Crippen molar-refractivity contribution >= 4 is 0 Å². The molecular weight excluding hydrogens is 254 g/mol. The van der Waals surface area contributed by atoms with Gasteiger partial charge in [0.2, 0.25) is 0 Å². The molecular formula is C13H15N7. The summed E-state index contributed by atoms with van der Waals surface area (Å²) in [4.78, 5) is 5.86. The molecule has 0 fully saturated rings. The molecule has 0 spiro atoms. The van der Waals surface area contributed by atoms with Crippen molar-refractivity contribution in [1.82, 2.24) is 30.0 Å². The van der Waals surface area contributed by atoms with Gasteiger partial charge in [-0.25, -0.2) is 10.4 Å². The van der Waals surface area contributed by atoms with Gasteiger partial charge in [0.05, 0.1) is 11.9 Å². The molecule has 0 aliphatic heterocycles. The molecule has 1 unspecified atom stereocenters. The molecule has 20 heavy (non-hydrogen) atoms. The lowest BCUT2D eigenvalue weighted by molar-refractivity contribution is 0.561. The third-order valence-electron chi connectivity index (χ3n) is 3.08. The van der Waals surface area contributed by atoms with Crippen LogP contribution in [0.1, 0.15) is 17.6 Å². The van der Waals surface area contributed by atoms with Crippen molar-refractivity contribution < 1.29 is 0 Å². The van der Waals surface area contributed by atoms with Crippen LogP contribution < -0.4 is 11.3 Å². The van der Waals surface area contributed by atoms with E-state index in [1.165, 1.54) is 0 Å². The second kappa shape index (κ2) is 5.24. The van der Waals surface area contributed by atoms with Gasteiger partial charge in [0.25, 0.3) is 0 Å². The Morgan fingerprint density at radius 1 is 1.25 bits per heavy atom. The molecule has 7 heteroatoms. The van der Waals surface area contributed by atoms with E-state index in [2.05, 4.69) is 20.6 Å². The van der Waals surface area contributed by atoms with Crippen molar-refractivity contribution in [3.8, 4) is 5.69 Å². The highest BCUT2D eigenvalue weighted by atomic mass is 15.5. The van der Waals surface area contributed by atoms with E-state index < -0.39 is 0 Å². The second-order valence-electron chi connectivity index (χ2n) is 4.39. The Balaban J connectivity index is 1.95. The van der Waals surface area contributed by atoms with Gasteiger partial charge >= 0.3 is 0 Å². The number of hydrogen-bond donors (Lipinski definition) is 2. The Bertz CT molecular complexity index is 686. The molecule has 0 aliphatic rings. The molecule has 0 radical (unpaired) electrons. The van der Waals surface area contributed by atoms with Gasteiger partial charge in [-0.3, -0.25) is 5.84 Å². The van der Waals surface area contributed by atoms with E-state index in [0.29, 0.717) is 5.69 Å². The van der Waals surface area contributed by atoms with E-state index in [-0.39, 0.29) is 6.04 Å². The van der Waals surface area contributed by atoms with Crippen LogP contribution >= 0.6 is 0 Å². The van der Waals surface area contributed by atoms with Gasteiger partial charge in [0.15, 0.2) is 0 Å². The van der Waals surface area contributed by atoms with Crippen molar-refractivity contribution in [2.45, 2.75) is 6.04 Å². The molecule has 0 bridgehead atoms. The van der Waals surface area contributed by atoms with Crippen molar-refractivity contribution in [1.29, 1.82) is 0 Å². The number of aryl methyl sites for hydroxylation is 1. The first-order valence-electron chi connectivity index (χ1n) is 6.20. The van der Waals surface area contributed by atoms with Gasteiger partial charge < -0.3 is 4.57 Å². The van der Waals surface area contributed by atoms with Gasteiger partial charge in [0.1, 0.15) is 17.6 Å². The van der Waals surface area contributed by atoms with E-state index in [9.17, 15) is 0 Å². The van der Waals surface area contributed by atoms with Gasteiger partial charge in [0, 0.05) is 19.4 Å². The summed E-state index contributed by atoms with van der Waals surface area (Å²) in [5, 5.41) is 8.73. The molecule has 1 aromatic carbocycles. The minimum absolute atomic E-state index is 0.299. The zero-order chi connectivity index (χ0) is 13.9. The summed E-state index contributed by atoms with van der Waals surface area (Å²) in [5.74, 6) is 6.42. The van der Waals surface area contributed by atoms with E-state index in [4.69, 9.17) is 5.84 Å². The first-order valence-corrected chi connectivity index (χ1v) is 6.20. The highest BCUT2D eigenvalue weighted by Crippen LogP contribution is 2.17. The minimum Gasteiger partial charge on any atom is -0.336 e. The van der Waals surface area contributed by atoms with E-state index in [1.54, 1.807) is 17.2 Å². The Morgan fingerprint density at radius 2 is 2.05 bits per heavy atom. The number of para-hydroxylation sites is 1. The average molecular weight is 269 g/mol. The van der Waals surface area contributed by atoms with Gasteiger partial charge in [-0.05, 0) is 12.1 Å². The van der Waals surface area contributed by atoms with Crippen LogP contribution in [0.4, 0.5) is 0 Å². The Morgan fingerprint density at radius 3 is 2.70 bits per heavy atom. The predicted molar refractivity (Wildman–Crippen MR) is 73.7 cm³/mol. The lowest BCUT2D eigenvalue weighted by atomic mass is 10.2. The van der Waals surface area contributed by atoms with Crippen LogP contribution in [-0.4, -0.2) is 24.5 Å². The van der Waals surface area contributed by atoms with Crippen LogP contribution in [-0.2, 0) is 7.05 Å². The Hall–Kier alpha value is -2.51. The smallest absolute Gasteiger partial charge is 0.133 e. The fourth-order valence-electron chi connectivity index (χ4n) is 2.04. The highest BCUT2D eigenvalue weighted by molar-refractivity contribution is 5.29. The molecule has 102 valence electrons. The van der Waals surface area contributed by atoms with Crippen LogP contribution in [0.5, 0.6) is 0 Å². The maximum atomic E-state index is 5.63. The molecule has 0 amide bonds. The monoisotopic (exact) mass is 269 g/mol. The average Bonchev–Trinajstić information content (AvgIpc) is 3.12. The molecule has 0 saturated carbocycles. The molecule has 0 aliphatic carbocycles. The predicted octanol–water partition coefficient (Wildman–Crippen LogP) is 0.553. The topological polar surface area (TPSA) is 86.6 Å². The SMILES string of the molecule is Cn1ccnc1C(NN)c1cnn(-c2ccccc2)n1. The molecule has 3 aromatic rings. The molecule has 7 nitrogen and oxygen atoms in total. The van der Waals surface area contributed by atoms with Gasteiger partial charge in [-0.1, -0.05) is 18.2 Å². The van der Waals surface area contributed by atoms with E-state index in [0.717, 1.165) is 11.5 Å². The summed E-state index contributed by atoms with van der Waals surface area (Å²) in [5.41, 5.74) is 4.34. The van der Waals surface area contributed by atoms with Crippen molar-refractivity contribution in [2.75, 3.05) is 0 Å². The van der Waals surface area contributed by atoms with Gasteiger partial charge in [-0.15, -0.1) is 0 Å². The lowest BCUT2D eigenvalue weighted by Crippen LogP contribution is -2.31. The summed E-state index contributed by atoms with van der Waals surface area (Å²) in [6.45, 7) is 0. The number of rotatable bonds is 4. The van der Waals surface area contributed by atoms with Crippen LogP contribution in [0.3, 0.4) is 0 Å². The fourth-order valence-corrected chi connectivity index (χ4v) is 2.04. The van der Waals surface area contributed by atoms with Crippen molar-refractivity contribution in [3.05, 3.63) is 60.4 Å². The third-order valence-corrected chi connectivity index (χ3v) is 3.08. The third kappa shape index (κ3) is 2.20. The van der Waals surface area contributed by atoms with Crippen LogP contribution in [0.25, 0.3) is 5.69 Å². The minimum atomic E-state index is -0.299. The number of nitrogens with two attached hydrogens (primary N) is 1. The number of hydrogen-bond acceptors (Lipinski definition) is 5. The number of nitrogens with zero attached hydrogens (tertiary/aromatic N) is 5. The van der Waals surface area contributed by atoms with Crippen molar-refractivity contribution in [2.24, 2.45) is 12.9 Å². The number of aromatic nitrogens is 5. The number of benzene rings is 1.